The second-order valence-electron chi connectivity index (χ2n) is 5.42. The first kappa shape index (κ1) is 18.6. The minimum atomic E-state index is -0.498. The van der Waals surface area contributed by atoms with Gasteiger partial charge in [0.05, 0.1) is 17.1 Å². The van der Waals surface area contributed by atoms with E-state index in [1.807, 2.05) is 6.92 Å². The molecule has 0 radical (unpaired) electrons. The number of carbonyl (C=O) groups excluding carboxylic acids is 2. The van der Waals surface area contributed by atoms with Gasteiger partial charge in [0.1, 0.15) is 5.00 Å². The first-order valence-corrected chi connectivity index (χ1v) is 8.41. The molecule has 0 aliphatic heterocycles. The number of aryl methyl sites for hydroxylation is 2. The van der Waals surface area contributed by atoms with Gasteiger partial charge in [-0.1, -0.05) is 0 Å². The van der Waals surface area contributed by atoms with E-state index < -0.39 is 16.8 Å². The SMILES string of the molecule is CCOC(=O)c1c(NC(=O)c2ccc([N+](=O)[O-])c(C)c2)sc(C)c1C. The summed E-state index contributed by atoms with van der Waals surface area (Å²) in [5.41, 5.74) is 1.73. The molecule has 0 aliphatic carbocycles. The van der Waals surface area contributed by atoms with E-state index in [1.165, 1.54) is 29.5 Å². The smallest absolute Gasteiger partial charge is 0.341 e. The Morgan fingerprint density at radius 3 is 2.52 bits per heavy atom. The molecule has 0 saturated heterocycles. The van der Waals surface area contributed by atoms with E-state index in [1.54, 1.807) is 20.8 Å². The molecule has 2 rings (SSSR count). The highest BCUT2D eigenvalue weighted by atomic mass is 32.1. The van der Waals surface area contributed by atoms with Crippen LogP contribution in [0.3, 0.4) is 0 Å². The number of esters is 1. The van der Waals surface area contributed by atoms with E-state index in [0.29, 0.717) is 16.1 Å². The Bertz CT molecular complexity index is 857. The van der Waals surface area contributed by atoms with Gasteiger partial charge in [-0.05, 0) is 45.4 Å². The van der Waals surface area contributed by atoms with Crippen molar-refractivity contribution in [1.29, 1.82) is 0 Å². The molecule has 1 amide bonds. The molecule has 8 heteroatoms. The van der Waals surface area contributed by atoms with Gasteiger partial charge in [-0.15, -0.1) is 11.3 Å². The number of nitro groups is 1. The largest absolute Gasteiger partial charge is 0.462 e. The van der Waals surface area contributed by atoms with Crippen LogP contribution in [0.5, 0.6) is 0 Å². The van der Waals surface area contributed by atoms with Crippen LogP contribution in [0.1, 0.15) is 43.6 Å². The lowest BCUT2D eigenvalue weighted by molar-refractivity contribution is -0.385. The number of ether oxygens (including phenoxy) is 1. The fourth-order valence-corrected chi connectivity index (χ4v) is 3.38. The van der Waals surface area contributed by atoms with Crippen LogP contribution in [0.25, 0.3) is 0 Å². The van der Waals surface area contributed by atoms with Gasteiger partial charge in [0.15, 0.2) is 0 Å². The molecule has 1 aromatic carbocycles. The van der Waals surface area contributed by atoms with Crippen molar-refractivity contribution in [2.75, 3.05) is 11.9 Å². The number of amides is 1. The van der Waals surface area contributed by atoms with E-state index in [0.717, 1.165) is 10.4 Å². The Kier molecular flexibility index (Phi) is 5.53. The highest BCUT2D eigenvalue weighted by molar-refractivity contribution is 7.16. The van der Waals surface area contributed by atoms with Crippen molar-refractivity contribution in [2.24, 2.45) is 0 Å². The van der Waals surface area contributed by atoms with Crippen molar-refractivity contribution >= 4 is 33.9 Å². The van der Waals surface area contributed by atoms with Gasteiger partial charge >= 0.3 is 5.97 Å². The number of carbonyl (C=O) groups is 2. The summed E-state index contributed by atoms with van der Waals surface area (Å²) in [6, 6.07) is 4.13. The van der Waals surface area contributed by atoms with Gasteiger partial charge in [-0.2, -0.15) is 0 Å². The van der Waals surface area contributed by atoms with E-state index in [2.05, 4.69) is 5.32 Å². The van der Waals surface area contributed by atoms with Crippen LogP contribution in [0.2, 0.25) is 0 Å². The van der Waals surface area contributed by atoms with Gasteiger partial charge in [0.25, 0.3) is 11.6 Å². The second-order valence-corrected chi connectivity index (χ2v) is 6.65. The molecular formula is C17H18N2O5S. The standard InChI is InChI=1S/C17H18N2O5S/c1-5-24-17(21)14-10(3)11(4)25-16(14)18-15(20)12-6-7-13(19(22)23)9(2)8-12/h6-8H,5H2,1-4H3,(H,18,20). The summed E-state index contributed by atoms with van der Waals surface area (Å²) >= 11 is 1.29. The van der Waals surface area contributed by atoms with Crippen LogP contribution in [-0.2, 0) is 4.74 Å². The average Bonchev–Trinajstić information content (AvgIpc) is 2.81. The molecule has 0 saturated carbocycles. The first-order chi connectivity index (χ1) is 11.8. The third-order valence-corrected chi connectivity index (χ3v) is 4.87. The molecule has 1 heterocycles. The van der Waals surface area contributed by atoms with Gasteiger partial charge in [0, 0.05) is 22.1 Å². The highest BCUT2D eigenvalue weighted by Gasteiger charge is 2.23. The molecule has 2 aromatic rings. The minimum absolute atomic E-state index is 0.0495. The lowest BCUT2D eigenvalue weighted by atomic mass is 10.1. The number of anilines is 1. The maximum absolute atomic E-state index is 12.5. The molecule has 0 unspecified atom stereocenters. The monoisotopic (exact) mass is 362 g/mol. The Morgan fingerprint density at radius 1 is 1.28 bits per heavy atom. The van der Waals surface area contributed by atoms with Crippen molar-refractivity contribution in [3.8, 4) is 0 Å². The second kappa shape index (κ2) is 7.43. The Morgan fingerprint density at radius 2 is 1.96 bits per heavy atom. The maximum atomic E-state index is 12.5. The summed E-state index contributed by atoms with van der Waals surface area (Å²) in [6.45, 7) is 7.17. The molecule has 132 valence electrons. The van der Waals surface area contributed by atoms with Crippen molar-refractivity contribution in [3.63, 3.8) is 0 Å². The van der Waals surface area contributed by atoms with Crippen molar-refractivity contribution in [3.05, 3.63) is 55.4 Å². The fraction of sp³-hybridized carbons (Fsp3) is 0.294. The maximum Gasteiger partial charge on any atom is 0.341 e. The summed E-state index contributed by atoms with van der Waals surface area (Å²) in [7, 11) is 0. The molecule has 0 fully saturated rings. The minimum Gasteiger partial charge on any atom is -0.462 e. The molecule has 25 heavy (non-hydrogen) atoms. The number of rotatable bonds is 5. The van der Waals surface area contributed by atoms with Gasteiger partial charge in [-0.25, -0.2) is 4.79 Å². The van der Waals surface area contributed by atoms with Crippen LogP contribution in [0.4, 0.5) is 10.7 Å². The van der Waals surface area contributed by atoms with Crippen molar-refractivity contribution < 1.29 is 19.2 Å². The number of nitro benzene ring substituents is 1. The van der Waals surface area contributed by atoms with E-state index in [4.69, 9.17) is 4.74 Å². The summed E-state index contributed by atoms with van der Waals surface area (Å²) < 4.78 is 5.05. The Hall–Kier alpha value is -2.74. The lowest BCUT2D eigenvalue weighted by Gasteiger charge is -2.08. The zero-order chi connectivity index (χ0) is 18.7. The fourth-order valence-electron chi connectivity index (χ4n) is 2.34. The van der Waals surface area contributed by atoms with Crippen LogP contribution in [0.15, 0.2) is 18.2 Å². The number of hydrogen-bond donors (Lipinski definition) is 1. The number of thiophene rings is 1. The highest BCUT2D eigenvalue weighted by Crippen LogP contribution is 2.33. The zero-order valence-corrected chi connectivity index (χ0v) is 15.2. The Labute approximate surface area is 148 Å². The predicted octanol–water partition coefficient (Wildman–Crippen LogP) is 4.01. The van der Waals surface area contributed by atoms with Crippen LogP contribution in [0, 0.1) is 30.9 Å². The average molecular weight is 362 g/mol. The number of benzene rings is 1. The van der Waals surface area contributed by atoms with Gasteiger partial charge in [0.2, 0.25) is 0 Å². The van der Waals surface area contributed by atoms with Crippen molar-refractivity contribution in [2.45, 2.75) is 27.7 Å². The molecule has 0 spiro atoms. The molecular weight excluding hydrogens is 344 g/mol. The molecule has 7 nitrogen and oxygen atoms in total. The lowest BCUT2D eigenvalue weighted by Crippen LogP contribution is -2.15. The number of nitrogens with zero attached hydrogens (tertiary/aromatic N) is 1. The third kappa shape index (κ3) is 3.85. The Balaban J connectivity index is 2.32. The molecule has 0 aliphatic rings. The normalized spacial score (nSPS) is 10.4. The first-order valence-electron chi connectivity index (χ1n) is 7.59. The summed E-state index contributed by atoms with van der Waals surface area (Å²) in [6.07, 6.45) is 0. The van der Waals surface area contributed by atoms with Crippen molar-refractivity contribution in [1.82, 2.24) is 0 Å². The van der Waals surface area contributed by atoms with Crippen LogP contribution < -0.4 is 5.32 Å². The van der Waals surface area contributed by atoms with E-state index in [-0.39, 0.29) is 17.9 Å². The zero-order valence-electron chi connectivity index (χ0n) is 14.3. The number of hydrogen-bond acceptors (Lipinski definition) is 6. The van der Waals surface area contributed by atoms with Crippen LogP contribution >= 0.6 is 11.3 Å². The third-order valence-electron chi connectivity index (χ3n) is 3.75. The molecule has 0 atom stereocenters. The van der Waals surface area contributed by atoms with Gasteiger partial charge in [-0.3, -0.25) is 14.9 Å². The molecule has 1 aromatic heterocycles. The van der Waals surface area contributed by atoms with E-state index in [9.17, 15) is 19.7 Å². The van der Waals surface area contributed by atoms with Crippen LogP contribution in [-0.4, -0.2) is 23.4 Å². The predicted molar refractivity (Wildman–Crippen MR) is 95.5 cm³/mol. The topological polar surface area (TPSA) is 98.5 Å². The summed E-state index contributed by atoms with van der Waals surface area (Å²) in [4.78, 5) is 35.9. The van der Waals surface area contributed by atoms with Gasteiger partial charge < -0.3 is 10.1 Å². The van der Waals surface area contributed by atoms with E-state index >= 15 is 0 Å². The quantitative estimate of drug-likeness (QED) is 0.492. The summed E-state index contributed by atoms with van der Waals surface area (Å²) in [5.74, 6) is -0.927. The number of nitrogens with one attached hydrogen (secondary N) is 1. The molecule has 1 N–H and O–H groups in total. The summed E-state index contributed by atoms with van der Waals surface area (Å²) in [5, 5.41) is 14.0. The molecule has 0 bridgehead atoms.